The van der Waals surface area contributed by atoms with E-state index in [9.17, 15) is 18.8 Å². The predicted molar refractivity (Wildman–Crippen MR) is 101 cm³/mol. The molecule has 2 amide bonds. The third-order valence-corrected chi connectivity index (χ3v) is 4.97. The molecule has 0 unspecified atom stereocenters. The van der Waals surface area contributed by atoms with Crippen LogP contribution >= 0.6 is 0 Å². The Kier molecular flexibility index (Phi) is 6.52. The molecule has 1 saturated carbocycles. The number of H-pyrrole nitrogens is 1. The molecule has 1 fully saturated rings. The van der Waals surface area contributed by atoms with Crippen molar-refractivity contribution >= 4 is 11.8 Å². The summed E-state index contributed by atoms with van der Waals surface area (Å²) in [5.41, 5.74) is 0.784. The predicted octanol–water partition coefficient (Wildman–Crippen LogP) is 1.56. The maximum Gasteiger partial charge on any atom is 0.271 e. The fourth-order valence-corrected chi connectivity index (χ4v) is 3.36. The lowest BCUT2D eigenvalue weighted by Crippen LogP contribution is -2.41. The summed E-state index contributed by atoms with van der Waals surface area (Å²) < 4.78 is 12.9. The number of aromatic amines is 1. The van der Waals surface area contributed by atoms with Gasteiger partial charge in [-0.3, -0.25) is 14.4 Å². The standard InChI is InChI=1S/C20H23FN4O3/c21-15-5-1-13(2-6-15)11-12-22-19(27)14-3-7-16(8-4-14)23-20(28)17-9-10-18(26)25-24-17/h1-2,5-6,9-10,14,16H,3-4,7-8,11-12H2,(H,22,27)(H,23,28)(H,25,26). The minimum Gasteiger partial charge on any atom is -0.356 e. The zero-order chi connectivity index (χ0) is 19.9. The number of benzene rings is 1. The molecule has 2 aromatic rings. The van der Waals surface area contributed by atoms with E-state index in [1.54, 1.807) is 12.1 Å². The summed E-state index contributed by atoms with van der Waals surface area (Å²) in [6, 6.07) is 8.89. The molecule has 1 aromatic carbocycles. The number of carbonyl (C=O) groups is 2. The van der Waals surface area contributed by atoms with Crippen LogP contribution in [0, 0.1) is 11.7 Å². The molecular formula is C20H23FN4O3. The maximum atomic E-state index is 12.9. The fourth-order valence-electron chi connectivity index (χ4n) is 3.36. The molecule has 3 N–H and O–H groups in total. The van der Waals surface area contributed by atoms with Gasteiger partial charge in [-0.1, -0.05) is 12.1 Å². The van der Waals surface area contributed by atoms with Crippen LogP contribution in [0.3, 0.4) is 0 Å². The van der Waals surface area contributed by atoms with E-state index in [0.29, 0.717) is 38.6 Å². The second-order valence-electron chi connectivity index (χ2n) is 7.00. The molecule has 3 rings (SSSR count). The number of aromatic nitrogens is 2. The Morgan fingerprint density at radius 1 is 1.07 bits per heavy atom. The smallest absolute Gasteiger partial charge is 0.271 e. The zero-order valence-corrected chi connectivity index (χ0v) is 15.4. The Hall–Kier alpha value is -3.03. The first kappa shape index (κ1) is 19.7. The third-order valence-electron chi connectivity index (χ3n) is 4.97. The number of carbonyl (C=O) groups excluding carboxylic acids is 2. The molecular weight excluding hydrogens is 363 g/mol. The topological polar surface area (TPSA) is 104 Å². The number of hydrogen-bond donors (Lipinski definition) is 3. The second kappa shape index (κ2) is 9.25. The number of rotatable bonds is 6. The van der Waals surface area contributed by atoms with E-state index in [4.69, 9.17) is 0 Å². The molecule has 0 aliphatic heterocycles. The van der Waals surface area contributed by atoms with Crippen LogP contribution in [0.1, 0.15) is 41.7 Å². The van der Waals surface area contributed by atoms with Gasteiger partial charge >= 0.3 is 0 Å². The van der Waals surface area contributed by atoms with E-state index in [-0.39, 0.29) is 40.8 Å². The van der Waals surface area contributed by atoms with Crippen LogP contribution in [0.4, 0.5) is 4.39 Å². The van der Waals surface area contributed by atoms with E-state index in [1.165, 1.54) is 24.3 Å². The summed E-state index contributed by atoms with van der Waals surface area (Å²) >= 11 is 0. The van der Waals surface area contributed by atoms with Gasteiger partial charge in [0.2, 0.25) is 5.91 Å². The van der Waals surface area contributed by atoms with Crippen LogP contribution < -0.4 is 16.2 Å². The van der Waals surface area contributed by atoms with Crippen LogP contribution in [0.2, 0.25) is 0 Å². The molecule has 0 atom stereocenters. The average Bonchev–Trinajstić information content (AvgIpc) is 2.70. The normalized spacial score (nSPS) is 19.0. The summed E-state index contributed by atoms with van der Waals surface area (Å²) in [5, 5.41) is 11.8. The quantitative estimate of drug-likeness (QED) is 0.701. The van der Waals surface area contributed by atoms with Crippen molar-refractivity contribution in [1.82, 2.24) is 20.8 Å². The van der Waals surface area contributed by atoms with Gasteiger partial charge in [-0.2, -0.15) is 5.10 Å². The first-order valence-electron chi connectivity index (χ1n) is 9.40. The molecule has 0 spiro atoms. The van der Waals surface area contributed by atoms with Crippen molar-refractivity contribution in [3.8, 4) is 0 Å². The van der Waals surface area contributed by atoms with Crippen molar-refractivity contribution < 1.29 is 14.0 Å². The second-order valence-corrected chi connectivity index (χ2v) is 7.00. The highest BCUT2D eigenvalue weighted by atomic mass is 19.1. The molecule has 1 aliphatic carbocycles. The molecule has 1 aliphatic rings. The van der Waals surface area contributed by atoms with Crippen LogP contribution in [-0.4, -0.2) is 34.6 Å². The van der Waals surface area contributed by atoms with Gasteiger partial charge in [-0.05, 0) is 55.9 Å². The summed E-state index contributed by atoms with van der Waals surface area (Å²) in [6.07, 6.45) is 3.48. The molecule has 28 heavy (non-hydrogen) atoms. The molecule has 0 saturated heterocycles. The fraction of sp³-hybridized carbons (Fsp3) is 0.400. The summed E-state index contributed by atoms with van der Waals surface area (Å²) in [7, 11) is 0. The SMILES string of the molecule is O=C(NC1CCC(C(=O)NCCc2ccc(F)cc2)CC1)c1ccc(=O)[nH]n1. The van der Waals surface area contributed by atoms with Gasteiger partial charge in [0.25, 0.3) is 11.5 Å². The minimum absolute atomic E-state index is 0.00973. The molecule has 8 heteroatoms. The van der Waals surface area contributed by atoms with Crippen molar-refractivity contribution in [3.05, 3.63) is 63.8 Å². The van der Waals surface area contributed by atoms with Gasteiger partial charge < -0.3 is 10.6 Å². The summed E-state index contributed by atoms with van der Waals surface area (Å²) in [5.74, 6) is -0.641. The number of nitrogens with zero attached hydrogens (tertiary/aromatic N) is 1. The first-order chi connectivity index (χ1) is 13.5. The Labute approximate surface area is 161 Å². The van der Waals surface area contributed by atoms with Crippen LogP contribution in [-0.2, 0) is 11.2 Å². The van der Waals surface area contributed by atoms with E-state index in [1.807, 2.05) is 0 Å². The minimum atomic E-state index is -0.359. The lowest BCUT2D eigenvalue weighted by Gasteiger charge is -2.28. The number of halogens is 1. The largest absolute Gasteiger partial charge is 0.356 e. The monoisotopic (exact) mass is 386 g/mol. The molecule has 0 bridgehead atoms. The Bertz CT molecular complexity index is 853. The average molecular weight is 386 g/mol. The highest BCUT2D eigenvalue weighted by Gasteiger charge is 2.27. The van der Waals surface area contributed by atoms with Gasteiger partial charge in [0.15, 0.2) is 0 Å². The Morgan fingerprint density at radius 2 is 1.79 bits per heavy atom. The number of nitrogens with one attached hydrogen (secondary N) is 3. The Morgan fingerprint density at radius 3 is 2.43 bits per heavy atom. The van der Waals surface area contributed by atoms with Gasteiger partial charge in [-0.25, -0.2) is 9.49 Å². The van der Waals surface area contributed by atoms with Crippen molar-refractivity contribution in [2.24, 2.45) is 5.92 Å². The van der Waals surface area contributed by atoms with E-state index < -0.39 is 0 Å². The van der Waals surface area contributed by atoms with E-state index in [2.05, 4.69) is 20.8 Å². The lowest BCUT2D eigenvalue weighted by atomic mass is 9.85. The van der Waals surface area contributed by atoms with Gasteiger partial charge in [-0.15, -0.1) is 0 Å². The first-order valence-corrected chi connectivity index (χ1v) is 9.40. The highest BCUT2D eigenvalue weighted by molar-refractivity contribution is 5.92. The molecule has 148 valence electrons. The molecule has 1 aromatic heterocycles. The zero-order valence-electron chi connectivity index (χ0n) is 15.4. The Balaban J connectivity index is 1.38. The number of amides is 2. The van der Waals surface area contributed by atoms with E-state index in [0.717, 1.165) is 5.56 Å². The van der Waals surface area contributed by atoms with Crippen LogP contribution in [0.25, 0.3) is 0 Å². The van der Waals surface area contributed by atoms with Gasteiger partial charge in [0.05, 0.1) is 0 Å². The van der Waals surface area contributed by atoms with Crippen molar-refractivity contribution in [3.63, 3.8) is 0 Å². The van der Waals surface area contributed by atoms with Crippen LogP contribution in [0.15, 0.2) is 41.2 Å². The highest BCUT2D eigenvalue weighted by Crippen LogP contribution is 2.24. The molecule has 1 heterocycles. The number of hydrogen-bond acceptors (Lipinski definition) is 4. The molecule has 0 radical (unpaired) electrons. The summed E-state index contributed by atoms with van der Waals surface area (Å²) in [6.45, 7) is 0.513. The van der Waals surface area contributed by atoms with Crippen molar-refractivity contribution in [2.75, 3.05) is 6.54 Å². The maximum absolute atomic E-state index is 12.9. The third kappa shape index (κ3) is 5.48. The summed E-state index contributed by atoms with van der Waals surface area (Å²) in [4.78, 5) is 35.5. The van der Waals surface area contributed by atoms with Gasteiger partial charge in [0.1, 0.15) is 11.5 Å². The van der Waals surface area contributed by atoms with Crippen LogP contribution in [0.5, 0.6) is 0 Å². The van der Waals surface area contributed by atoms with E-state index >= 15 is 0 Å². The van der Waals surface area contributed by atoms with Crippen molar-refractivity contribution in [1.29, 1.82) is 0 Å². The lowest BCUT2D eigenvalue weighted by molar-refractivity contribution is -0.126. The van der Waals surface area contributed by atoms with Crippen molar-refractivity contribution in [2.45, 2.75) is 38.1 Å². The van der Waals surface area contributed by atoms with Gasteiger partial charge in [0, 0.05) is 24.6 Å². The molecule has 7 nitrogen and oxygen atoms in total.